The van der Waals surface area contributed by atoms with Crippen LogP contribution >= 0.6 is 11.5 Å². The molecule has 1 N–H and O–H groups in total. The van der Waals surface area contributed by atoms with Crippen molar-refractivity contribution in [1.82, 2.24) is 14.9 Å². The molecule has 0 saturated heterocycles. The number of nitrogens with one attached hydrogen (secondary N) is 1. The third-order valence-corrected chi connectivity index (χ3v) is 1.94. The van der Waals surface area contributed by atoms with Gasteiger partial charge in [-0.3, -0.25) is 0 Å². The molecule has 0 bridgehead atoms. The lowest BCUT2D eigenvalue weighted by Gasteiger charge is -2.10. The van der Waals surface area contributed by atoms with E-state index in [0.717, 1.165) is 5.69 Å². The van der Waals surface area contributed by atoms with Gasteiger partial charge in [-0.1, -0.05) is 4.49 Å². The summed E-state index contributed by atoms with van der Waals surface area (Å²) >= 11 is 1.35. The van der Waals surface area contributed by atoms with Crippen molar-refractivity contribution >= 4 is 11.5 Å². The molecule has 0 radical (unpaired) electrons. The minimum absolute atomic E-state index is 0.166. The van der Waals surface area contributed by atoms with Crippen LogP contribution in [-0.4, -0.2) is 30.4 Å². The van der Waals surface area contributed by atoms with Crippen LogP contribution in [0.2, 0.25) is 0 Å². The summed E-state index contributed by atoms with van der Waals surface area (Å²) < 4.78 is 8.76. The summed E-state index contributed by atoms with van der Waals surface area (Å²) in [5.41, 5.74) is 0.944. The van der Waals surface area contributed by atoms with Crippen LogP contribution in [0.25, 0.3) is 0 Å². The molecule has 1 rings (SSSR count). The monoisotopic (exact) mass is 173 g/mol. The first kappa shape index (κ1) is 8.58. The van der Waals surface area contributed by atoms with Gasteiger partial charge in [0.15, 0.2) is 0 Å². The van der Waals surface area contributed by atoms with Crippen LogP contribution in [0.3, 0.4) is 0 Å². The molecule has 1 unspecified atom stereocenters. The third-order valence-electron chi connectivity index (χ3n) is 1.42. The Bertz CT molecular complexity index is 190. The van der Waals surface area contributed by atoms with Crippen LogP contribution in [0.1, 0.15) is 11.7 Å². The Morgan fingerprint density at radius 1 is 1.82 bits per heavy atom. The zero-order chi connectivity index (χ0) is 8.10. The SMILES string of the molecule is CNC(COC)c1csnn1. The van der Waals surface area contributed by atoms with E-state index in [1.54, 1.807) is 7.11 Å². The molecule has 0 aromatic carbocycles. The molecule has 1 aromatic rings. The molecule has 1 atom stereocenters. The van der Waals surface area contributed by atoms with E-state index in [0.29, 0.717) is 6.61 Å². The number of hydrogen-bond acceptors (Lipinski definition) is 5. The molecule has 0 aliphatic heterocycles. The number of rotatable bonds is 4. The van der Waals surface area contributed by atoms with Gasteiger partial charge in [0, 0.05) is 12.5 Å². The fourth-order valence-corrected chi connectivity index (χ4v) is 1.31. The average Bonchev–Trinajstić information content (AvgIpc) is 2.52. The Labute approximate surface area is 69.7 Å². The maximum atomic E-state index is 4.99. The molecule has 0 aliphatic rings. The summed E-state index contributed by atoms with van der Waals surface area (Å²) in [5, 5.41) is 8.93. The third kappa shape index (κ3) is 2.21. The standard InChI is InChI=1S/C6H11N3OS/c1-7-5(3-10-2)6-4-11-9-8-6/h4-5,7H,3H2,1-2H3. The van der Waals surface area contributed by atoms with Crippen LogP contribution < -0.4 is 5.32 Å². The van der Waals surface area contributed by atoms with Gasteiger partial charge in [0.1, 0.15) is 0 Å². The lowest BCUT2D eigenvalue weighted by Crippen LogP contribution is -2.21. The predicted molar refractivity (Wildman–Crippen MR) is 43.6 cm³/mol. The molecule has 11 heavy (non-hydrogen) atoms. The summed E-state index contributed by atoms with van der Waals surface area (Å²) in [5.74, 6) is 0. The number of nitrogens with zero attached hydrogens (tertiary/aromatic N) is 2. The Balaban J connectivity index is 2.56. The Kier molecular flexibility index (Phi) is 3.41. The van der Waals surface area contributed by atoms with Gasteiger partial charge < -0.3 is 10.1 Å². The highest BCUT2D eigenvalue weighted by molar-refractivity contribution is 7.03. The van der Waals surface area contributed by atoms with Crippen LogP contribution in [0.5, 0.6) is 0 Å². The van der Waals surface area contributed by atoms with Crippen LogP contribution in [0.15, 0.2) is 5.38 Å². The zero-order valence-electron chi connectivity index (χ0n) is 6.57. The van der Waals surface area contributed by atoms with Gasteiger partial charge in [-0.2, -0.15) is 0 Å². The summed E-state index contributed by atoms with van der Waals surface area (Å²) in [6.45, 7) is 0.627. The van der Waals surface area contributed by atoms with Crippen molar-refractivity contribution in [3.8, 4) is 0 Å². The molecular weight excluding hydrogens is 162 g/mol. The van der Waals surface area contributed by atoms with Gasteiger partial charge in [-0.25, -0.2) is 0 Å². The molecule has 4 nitrogen and oxygen atoms in total. The minimum Gasteiger partial charge on any atom is -0.383 e. The summed E-state index contributed by atoms with van der Waals surface area (Å²) in [6, 6.07) is 0.166. The normalized spacial score (nSPS) is 13.3. The molecular formula is C6H11N3OS. The Hall–Kier alpha value is -0.520. The number of ether oxygens (including phenoxy) is 1. The molecule has 0 amide bonds. The van der Waals surface area contributed by atoms with E-state index in [2.05, 4.69) is 14.9 Å². The van der Waals surface area contributed by atoms with Crippen molar-refractivity contribution in [2.24, 2.45) is 0 Å². The average molecular weight is 173 g/mol. The number of aromatic nitrogens is 2. The highest BCUT2D eigenvalue weighted by Gasteiger charge is 2.10. The topological polar surface area (TPSA) is 47.0 Å². The zero-order valence-corrected chi connectivity index (χ0v) is 7.39. The van der Waals surface area contributed by atoms with Crippen molar-refractivity contribution in [2.45, 2.75) is 6.04 Å². The second kappa shape index (κ2) is 4.38. The van der Waals surface area contributed by atoms with E-state index in [9.17, 15) is 0 Å². The second-order valence-electron chi connectivity index (χ2n) is 2.13. The lowest BCUT2D eigenvalue weighted by molar-refractivity contribution is 0.169. The Morgan fingerprint density at radius 3 is 3.09 bits per heavy atom. The lowest BCUT2D eigenvalue weighted by atomic mass is 10.2. The smallest absolute Gasteiger partial charge is 0.0948 e. The molecule has 0 spiro atoms. The van der Waals surface area contributed by atoms with E-state index in [1.807, 2.05) is 12.4 Å². The number of hydrogen-bond donors (Lipinski definition) is 1. The van der Waals surface area contributed by atoms with E-state index in [1.165, 1.54) is 11.5 Å². The van der Waals surface area contributed by atoms with E-state index >= 15 is 0 Å². The molecule has 1 heterocycles. The number of methoxy groups -OCH3 is 1. The van der Waals surface area contributed by atoms with Crippen molar-refractivity contribution < 1.29 is 4.74 Å². The van der Waals surface area contributed by atoms with Crippen LogP contribution in [0, 0.1) is 0 Å². The summed E-state index contributed by atoms with van der Waals surface area (Å²) in [7, 11) is 3.55. The molecule has 1 aromatic heterocycles. The van der Waals surface area contributed by atoms with Gasteiger partial charge in [-0.15, -0.1) is 5.10 Å². The molecule has 0 saturated carbocycles. The largest absolute Gasteiger partial charge is 0.383 e. The van der Waals surface area contributed by atoms with Crippen molar-refractivity contribution in [2.75, 3.05) is 20.8 Å². The summed E-state index contributed by atoms with van der Waals surface area (Å²) in [4.78, 5) is 0. The molecule has 0 aliphatic carbocycles. The van der Waals surface area contributed by atoms with Crippen molar-refractivity contribution in [1.29, 1.82) is 0 Å². The summed E-state index contributed by atoms with van der Waals surface area (Å²) in [6.07, 6.45) is 0. The van der Waals surface area contributed by atoms with E-state index in [4.69, 9.17) is 4.74 Å². The molecule has 5 heteroatoms. The first-order valence-electron chi connectivity index (χ1n) is 3.31. The Morgan fingerprint density at radius 2 is 2.64 bits per heavy atom. The first-order valence-corrected chi connectivity index (χ1v) is 4.15. The maximum Gasteiger partial charge on any atom is 0.0948 e. The second-order valence-corrected chi connectivity index (χ2v) is 2.74. The van der Waals surface area contributed by atoms with Crippen molar-refractivity contribution in [3.05, 3.63) is 11.1 Å². The minimum atomic E-state index is 0.166. The fourth-order valence-electron chi connectivity index (χ4n) is 0.807. The van der Waals surface area contributed by atoms with Crippen LogP contribution in [0.4, 0.5) is 0 Å². The quantitative estimate of drug-likeness (QED) is 0.718. The first-order chi connectivity index (χ1) is 5.38. The van der Waals surface area contributed by atoms with Gasteiger partial charge in [-0.05, 0) is 18.6 Å². The van der Waals surface area contributed by atoms with E-state index < -0.39 is 0 Å². The van der Waals surface area contributed by atoms with Gasteiger partial charge >= 0.3 is 0 Å². The number of likely N-dealkylation sites (N-methyl/N-ethyl adjacent to an activating group) is 1. The molecule has 0 fully saturated rings. The maximum absolute atomic E-state index is 4.99. The van der Waals surface area contributed by atoms with Gasteiger partial charge in [0.25, 0.3) is 0 Å². The van der Waals surface area contributed by atoms with Gasteiger partial charge in [0.05, 0.1) is 18.3 Å². The van der Waals surface area contributed by atoms with Gasteiger partial charge in [0.2, 0.25) is 0 Å². The predicted octanol–water partition coefficient (Wildman–Crippen LogP) is 0.445. The van der Waals surface area contributed by atoms with Crippen LogP contribution in [-0.2, 0) is 4.74 Å². The highest BCUT2D eigenvalue weighted by Crippen LogP contribution is 2.09. The van der Waals surface area contributed by atoms with Crippen molar-refractivity contribution in [3.63, 3.8) is 0 Å². The highest BCUT2D eigenvalue weighted by atomic mass is 32.1. The fraction of sp³-hybridized carbons (Fsp3) is 0.667. The molecule has 62 valence electrons. The van der Waals surface area contributed by atoms with E-state index in [-0.39, 0.29) is 6.04 Å².